The Morgan fingerprint density at radius 1 is 1.20 bits per heavy atom. The summed E-state index contributed by atoms with van der Waals surface area (Å²) in [6.07, 6.45) is 4.72. The number of benzene rings is 1. The second-order valence-electron chi connectivity index (χ2n) is 5.12. The van der Waals surface area contributed by atoms with E-state index >= 15 is 0 Å². The van der Waals surface area contributed by atoms with Crippen molar-refractivity contribution in [2.24, 2.45) is 5.10 Å². The summed E-state index contributed by atoms with van der Waals surface area (Å²) in [5.41, 5.74) is 3.47. The van der Waals surface area contributed by atoms with Crippen molar-refractivity contribution in [1.82, 2.24) is 15.7 Å². The molecule has 1 aliphatic rings. The molecule has 1 aromatic carbocycles. The van der Waals surface area contributed by atoms with E-state index in [1.807, 2.05) is 0 Å². The minimum Gasteiger partial charge on any atom is -0.486 e. The van der Waals surface area contributed by atoms with Crippen LogP contribution in [0.4, 0.5) is 0 Å². The van der Waals surface area contributed by atoms with Crippen molar-refractivity contribution in [3.63, 3.8) is 0 Å². The average molecular weight is 340 g/mol. The summed E-state index contributed by atoms with van der Waals surface area (Å²) < 4.78 is 10.8. The molecule has 2 heterocycles. The minimum atomic E-state index is -0.439. The Bertz CT molecular complexity index is 792. The van der Waals surface area contributed by atoms with Gasteiger partial charge >= 0.3 is 0 Å². The first-order valence-corrected chi connectivity index (χ1v) is 7.62. The molecule has 0 unspecified atom stereocenters. The average Bonchev–Trinajstić information content (AvgIpc) is 2.66. The molecular weight excluding hydrogens is 324 g/mol. The molecule has 2 amide bonds. The fraction of sp³-hybridized carbons (Fsp3) is 0.176. The Hall–Kier alpha value is -3.42. The number of hydrogen-bond donors (Lipinski definition) is 2. The fourth-order valence-corrected chi connectivity index (χ4v) is 2.12. The number of hydrazone groups is 1. The van der Waals surface area contributed by atoms with Gasteiger partial charge < -0.3 is 14.8 Å². The Balaban J connectivity index is 1.48. The number of nitrogens with zero attached hydrogens (tertiary/aromatic N) is 2. The van der Waals surface area contributed by atoms with Crippen LogP contribution >= 0.6 is 0 Å². The van der Waals surface area contributed by atoms with Crippen molar-refractivity contribution in [3.8, 4) is 11.5 Å². The van der Waals surface area contributed by atoms with Gasteiger partial charge in [-0.3, -0.25) is 14.6 Å². The zero-order chi connectivity index (χ0) is 17.5. The van der Waals surface area contributed by atoms with Gasteiger partial charge in [-0.1, -0.05) is 6.07 Å². The van der Waals surface area contributed by atoms with Gasteiger partial charge in [0.05, 0.1) is 12.8 Å². The maximum atomic E-state index is 12.1. The third-order valence-electron chi connectivity index (χ3n) is 3.30. The highest BCUT2D eigenvalue weighted by Crippen LogP contribution is 2.30. The Morgan fingerprint density at radius 2 is 2.04 bits per heavy atom. The highest BCUT2D eigenvalue weighted by molar-refractivity contribution is 5.97. The molecule has 0 saturated carbocycles. The molecule has 0 spiro atoms. The third kappa shape index (κ3) is 4.54. The van der Waals surface area contributed by atoms with Crippen molar-refractivity contribution >= 4 is 18.0 Å². The summed E-state index contributed by atoms with van der Waals surface area (Å²) in [5.74, 6) is 0.295. The zero-order valence-electron chi connectivity index (χ0n) is 13.3. The van der Waals surface area contributed by atoms with Gasteiger partial charge in [0.2, 0.25) is 0 Å². The first kappa shape index (κ1) is 16.4. The van der Waals surface area contributed by atoms with E-state index in [-0.39, 0.29) is 12.5 Å². The van der Waals surface area contributed by atoms with Gasteiger partial charge in [0, 0.05) is 23.5 Å². The third-order valence-corrected chi connectivity index (χ3v) is 3.30. The molecular formula is C17H16N4O4. The predicted octanol–water partition coefficient (Wildman–Crippen LogP) is 0.733. The minimum absolute atomic E-state index is 0.197. The lowest BCUT2D eigenvalue weighted by Crippen LogP contribution is -2.35. The number of fused-ring (bicyclic) bond motifs is 1. The number of rotatable bonds is 5. The molecule has 128 valence electrons. The normalized spacial score (nSPS) is 12.6. The second-order valence-corrected chi connectivity index (χ2v) is 5.12. The van der Waals surface area contributed by atoms with Gasteiger partial charge in [0.25, 0.3) is 11.8 Å². The summed E-state index contributed by atoms with van der Waals surface area (Å²) in [6, 6.07) is 8.42. The standard InChI is InChI=1S/C17H16N4O4/c22-16(21-20-10-12-2-1-5-18-9-12)11-19-17(23)13-3-4-14-15(8-13)25-7-6-24-14/h1-5,8-10H,6-7,11H2,(H,19,23)(H,21,22)/b20-10+. The van der Waals surface area contributed by atoms with Crippen molar-refractivity contribution in [2.45, 2.75) is 0 Å². The molecule has 1 aliphatic heterocycles. The van der Waals surface area contributed by atoms with Crippen LogP contribution in [0.1, 0.15) is 15.9 Å². The maximum absolute atomic E-state index is 12.1. The maximum Gasteiger partial charge on any atom is 0.259 e. The molecule has 2 aromatic rings. The first-order valence-electron chi connectivity index (χ1n) is 7.62. The molecule has 0 bridgehead atoms. The van der Waals surface area contributed by atoms with Gasteiger partial charge in [-0.15, -0.1) is 0 Å². The van der Waals surface area contributed by atoms with Crippen molar-refractivity contribution in [1.29, 1.82) is 0 Å². The van der Waals surface area contributed by atoms with Gasteiger partial charge in [-0.25, -0.2) is 5.43 Å². The van der Waals surface area contributed by atoms with Crippen LogP contribution in [0.3, 0.4) is 0 Å². The van der Waals surface area contributed by atoms with E-state index in [1.54, 1.807) is 42.7 Å². The van der Waals surface area contributed by atoms with Crippen LogP contribution in [0, 0.1) is 0 Å². The predicted molar refractivity (Wildman–Crippen MR) is 89.7 cm³/mol. The van der Waals surface area contributed by atoms with Crippen LogP contribution in [0.5, 0.6) is 11.5 Å². The first-order chi connectivity index (χ1) is 12.2. The molecule has 2 N–H and O–H groups in total. The number of carbonyl (C=O) groups is 2. The molecule has 0 fully saturated rings. The number of pyridine rings is 1. The topological polar surface area (TPSA) is 102 Å². The highest BCUT2D eigenvalue weighted by Gasteiger charge is 2.15. The number of amides is 2. The van der Waals surface area contributed by atoms with Gasteiger partial charge in [-0.2, -0.15) is 5.10 Å². The summed E-state index contributed by atoms with van der Waals surface area (Å²) in [4.78, 5) is 27.7. The Kier molecular flexibility index (Phi) is 5.20. The molecule has 8 nitrogen and oxygen atoms in total. The van der Waals surface area contributed by atoms with E-state index in [0.29, 0.717) is 30.3 Å². The van der Waals surface area contributed by atoms with Crippen molar-refractivity contribution in [2.75, 3.05) is 19.8 Å². The lowest BCUT2D eigenvalue weighted by atomic mass is 10.2. The summed E-state index contributed by atoms with van der Waals surface area (Å²) >= 11 is 0. The van der Waals surface area contributed by atoms with Crippen LogP contribution in [0.25, 0.3) is 0 Å². The van der Waals surface area contributed by atoms with E-state index in [1.165, 1.54) is 6.21 Å². The molecule has 1 aromatic heterocycles. The van der Waals surface area contributed by atoms with Crippen LogP contribution in [-0.2, 0) is 4.79 Å². The zero-order valence-corrected chi connectivity index (χ0v) is 13.3. The van der Waals surface area contributed by atoms with Crippen LogP contribution in [-0.4, -0.2) is 42.8 Å². The van der Waals surface area contributed by atoms with E-state index < -0.39 is 5.91 Å². The molecule has 8 heteroatoms. The van der Waals surface area contributed by atoms with Crippen LogP contribution in [0.15, 0.2) is 47.8 Å². The van der Waals surface area contributed by atoms with Crippen molar-refractivity contribution < 1.29 is 19.1 Å². The Morgan fingerprint density at radius 3 is 2.84 bits per heavy atom. The van der Waals surface area contributed by atoms with Gasteiger partial charge in [0.1, 0.15) is 13.2 Å². The van der Waals surface area contributed by atoms with E-state index in [2.05, 4.69) is 20.8 Å². The van der Waals surface area contributed by atoms with E-state index in [9.17, 15) is 9.59 Å². The molecule has 25 heavy (non-hydrogen) atoms. The van der Waals surface area contributed by atoms with Gasteiger partial charge in [0.15, 0.2) is 11.5 Å². The monoisotopic (exact) mass is 340 g/mol. The number of nitrogens with one attached hydrogen (secondary N) is 2. The number of carbonyl (C=O) groups excluding carboxylic acids is 2. The smallest absolute Gasteiger partial charge is 0.259 e. The number of ether oxygens (including phenoxy) is 2. The molecule has 0 atom stereocenters. The quantitative estimate of drug-likeness (QED) is 0.617. The summed E-state index contributed by atoms with van der Waals surface area (Å²) in [5, 5.41) is 6.32. The highest BCUT2D eigenvalue weighted by atomic mass is 16.6. The lowest BCUT2D eigenvalue weighted by Gasteiger charge is -2.18. The second kappa shape index (κ2) is 7.91. The van der Waals surface area contributed by atoms with Crippen LogP contribution in [0.2, 0.25) is 0 Å². The van der Waals surface area contributed by atoms with E-state index in [0.717, 1.165) is 5.56 Å². The van der Waals surface area contributed by atoms with Crippen molar-refractivity contribution in [3.05, 3.63) is 53.9 Å². The SMILES string of the molecule is O=C(CNC(=O)c1ccc2c(c1)OCCO2)N/N=C/c1cccnc1. The number of hydrogen-bond acceptors (Lipinski definition) is 6. The molecule has 0 radical (unpaired) electrons. The summed E-state index contributed by atoms with van der Waals surface area (Å²) in [6.45, 7) is 0.728. The molecule has 0 saturated heterocycles. The molecule has 3 rings (SSSR count). The largest absolute Gasteiger partial charge is 0.486 e. The van der Waals surface area contributed by atoms with E-state index in [4.69, 9.17) is 9.47 Å². The summed E-state index contributed by atoms with van der Waals surface area (Å²) in [7, 11) is 0. The van der Waals surface area contributed by atoms with Gasteiger partial charge in [-0.05, 0) is 24.3 Å². The Labute approximate surface area is 143 Å². The van der Waals surface area contributed by atoms with Crippen LogP contribution < -0.4 is 20.2 Å². The lowest BCUT2D eigenvalue weighted by molar-refractivity contribution is -0.120. The number of aromatic nitrogens is 1. The fourth-order valence-electron chi connectivity index (χ4n) is 2.12. The molecule has 0 aliphatic carbocycles.